The van der Waals surface area contributed by atoms with E-state index in [1.807, 2.05) is 67.2 Å². The molecule has 0 amide bonds. The summed E-state index contributed by atoms with van der Waals surface area (Å²) in [6.45, 7) is 2.03. The van der Waals surface area contributed by atoms with Gasteiger partial charge in [0, 0.05) is 0 Å². The zero-order chi connectivity index (χ0) is 18.6. The van der Waals surface area contributed by atoms with Crippen molar-refractivity contribution in [3.8, 4) is 0 Å². The molecule has 3 rings (SSSR count). The van der Waals surface area contributed by atoms with Gasteiger partial charge in [-0.25, -0.2) is 12.8 Å². The van der Waals surface area contributed by atoms with Crippen LogP contribution in [0.25, 0.3) is 0 Å². The van der Waals surface area contributed by atoms with Crippen molar-refractivity contribution in [3.63, 3.8) is 0 Å². The Balaban J connectivity index is 2.02. The Kier molecular flexibility index (Phi) is 5.39. The maximum Gasteiger partial charge on any atom is 0.210 e. The third kappa shape index (κ3) is 3.64. The van der Waals surface area contributed by atoms with E-state index in [2.05, 4.69) is 0 Å². The zero-order valence-electron chi connectivity index (χ0n) is 14.5. The lowest BCUT2D eigenvalue weighted by molar-refractivity contribution is 0.441. The maximum atomic E-state index is 15.2. The summed E-state index contributed by atoms with van der Waals surface area (Å²) in [6, 6.07) is 27.2. The molecule has 0 N–H and O–H groups in total. The van der Waals surface area contributed by atoms with Crippen LogP contribution in [0.2, 0.25) is 12.6 Å². The fraction of sp³-hybridized carbons (Fsp3) is 0.143. The highest BCUT2D eigenvalue weighted by atomic mass is 32.2. The number of hydrogen-bond donors (Lipinski definition) is 0. The summed E-state index contributed by atoms with van der Waals surface area (Å²) < 4.78 is 40.6. The first kappa shape index (κ1) is 18.5. The van der Waals surface area contributed by atoms with Crippen LogP contribution in [-0.4, -0.2) is 22.0 Å². The summed E-state index contributed by atoms with van der Waals surface area (Å²) in [6.07, 6.45) is 0. The van der Waals surface area contributed by atoms with Gasteiger partial charge >= 0.3 is 0 Å². The van der Waals surface area contributed by atoms with Crippen molar-refractivity contribution in [2.24, 2.45) is 0 Å². The molecule has 0 saturated carbocycles. The SMILES string of the molecule is C[Si](CC(F)S(=O)(=O)c1ccccc1)(c1ccccc1)c1ccccc1. The molecule has 3 aromatic rings. The second-order valence-electron chi connectivity index (χ2n) is 6.54. The van der Waals surface area contributed by atoms with E-state index in [1.54, 1.807) is 18.2 Å². The fourth-order valence-corrected chi connectivity index (χ4v) is 9.22. The minimum Gasteiger partial charge on any atom is -0.230 e. The first-order valence-corrected chi connectivity index (χ1v) is 12.7. The van der Waals surface area contributed by atoms with Gasteiger partial charge in [0.05, 0.1) is 4.90 Å². The highest BCUT2D eigenvalue weighted by Crippen LogP contribution is 2.25. The van der Waals surface area contributed by atoms with Gasteiger partial charge in [0.25, 0.3) is 0 Å². The van der Waals surface area contributed by atoms with E-state index < -0.39 is 23.4 Å². The highest BCUT2D eigenvalue weighted by molar-refractivity contribution is 7.92. The van der Waals surface area contributed by atoms with E-state index in [1.165, 1.54) is 12.1 Å². The summed E-state index contributed by atoms with van der Waals surface area (Å²) in [4.78, 5) is 0.0324. The lowest BCUT2D eigenvalue weighted by atomic mass is 10.4. The minimum atomic E-state index is -4.02. The van der Waals surface area contributed by atoms with Crippen molar-refractivity contribution in [1.82, 2.24) is 0 Å². The molecule has 0 aliphatic carbocycles. The van der Waals surface area contributed by atoms with Crippen molar-refractivity contribution >= 4 is 28.3 Å². The molecule has 0 heterocycles. The summed E-state index contributed by atoms with van der Waals surface area (Å²) in [5, 5.41) is 2.05. The first-order chi connectivity index (χ1) is 12.4. The van der Waals surface area contributed by atoms with Crippen LogP contribution in [0.3, 0.4) is 0 Å². The predicted molar refractivity (Wildman–Crippen MR) is 107 cm³/mol. The molecule has 1 unspecified atom stereocenters. The first-order valence-electron chi connectivity index (χ1n) is 8.49. The van der Waals surface area contributed by atoms with Crippen molar-refractivity contribution < 1.29 is 12.8 Å². The van der Waals surface area contributed by atoms with E-state index in [-0.39, 0.29) is 10.9 Å². The lowest BCUT2D eigenvalue weighted by Gasteiger charge is -2.30. The molecule has 0 aliphatic rings. The largest absolute Gasteiger partial charge is 0.230 e. The fourth-order valence-electron chi connectivity index (χ4n) is 3.20. The standard InChI is InChI=1S/C21H21FO2SSi/c1-26(19-13-7-3-8-14-19,20-15-9-4-10-16-20)17-21(22)25(23,24)18-11-5-2-6-12-18/h2-16,21H,17H2,1H3. The molecule has 26 heavy (non-hydrogen) atoms. The molecule has 0 spiro atoms. The third-order valence-corrected chi connectivity index (χ3v) is 11.3. The topological polar surface area (TPSA) is 34.1 Å². The Bertz CT molecular complexity index is 906. The van der Waals surface area contributed by atoms with Crippen LogP contribution < -0.4 is 10.4 Å². The predicted octanol–water partition coefficient (Wildman–Crippen LogP) is 3.65. The number of sulfone groups is 1. The van der Waals surface area contributed by atoms with Crippen molar-refractivity contribution in [2.45, 2.75) is 23.0 Å². The number of benzene rings is 3. The molecular weight excluding hydrogens is 363 g/mol. The Hall–Kier alpha value is -2.24. The number of hydrogen-bond acceptors (Lipinski definition) is 2. The molecule has 134 valence electrons. The monoisotopic (exact) mass is 384 g/mol. The Morgan fingerprint density at radius 3 is 1.58 bits per heavy atom. The molecule has 1 atom stereocenters. The molecule has 0 bridgehead atoms. The summed E-state index contributed by atoms with van der Waals surface area (Å²) in [5.74, 6) is 0. The van der Waals surface area contributed by atoms with Gasteiger partial charge in [-0.1, -0.05) is 95.8 Å². The van der Waals surface area contributed by atoms with E-state index in [0.717, 1.165) is 10.4 Å². The third-order valence-electron chi connectivity index (χ3n) is 4.80. The lowest BCUT2D eigenvalue weighted by Crippen LogP contribution is -2.57. The molecule has 0 aliphatic heterocycles. The molecule has 5 heteroatoms. The van der Waals surface area contributed by atoms with Crippen LogP contribution in [0, 0.1) is 0 Å². The Labute approximate surface area is 155 Å². The van der Waals surface area contributed by atoms with Gasteiger partial charge in [-0.2, -0.15) is 0 Å². The van der Waals surface area contributed by atoms with Crippen LogP contribution in [0.4, 0.5) is 4.39 Å². The molecule has 0 fully saturated rings. The van der Waals surface area contributed by atoms with Gasteiger partial charge < -0.3 is 0 Å². The number of halogens is 1. The molecule has 2 nitrogen and oxygen atoms in total. The second-order valence-corrected chi connectivity index (χ2v) is 12.8. The normalized spacial score (nSPS) is 13.3. The summed E-state index contributed by atoms with van der Waals surface area (Å²) in [7, 11) is -6.58. The zero-order valence-corrected chi connectivity index (χ0v) is 16.4. The number of alkyl halides is 1. The van der Waals surface area contributed by atoms with Gasteiger partial charge in [0.1, 0.15) is 8.07 Å². The van der Waals surface area contributed by atoms with E-state index >= 15 is 4.39 Å². The van der Waals surface area contributed by atoms with Gasteiger partial charge in [-0.3, -0.25) is 0 Å². The quantitative estimate of drug-likeness (QED) is 0.608. The van der Waals surface area contributed by atoms with Gasteiger partial charge in [0.15, 0.2) is 0 Å². The van der Waals surface area contributed by atoms with Crippen LogP contribution in [0.5, 0.6) is 0 Å². The van der Waals surface area contributed by atoms with Gasteiger partial charge in [-0.15, -0.1) is 0 Å². The Morgan fingerprint density at radius 2 is 1.15 bits per heavy atom. The molecule has 0 saturated heterocycles. The summed E-state index contributed by atoms with van der Waals surface area (Å²) in [5.41, 5.74) is -1.94. The summed E-state index contributed by atoms with van der Waals surface area (Å²) >= 11 is 0. The average Bonchev–Trinajstić information content (AvgIpc) is 2.70. The van der Waals surface area contributed by atoms with Crippen molar-refractivity contribution in [1.29, 1.82) is 0 Å². The van der Waals surface area contributed by atoms with E-state index in [4.69, 9.17) is 0 Å². The molecule has 3 aromatic carbocycles. The van der Waals surface area contributed by atoms with Gasteiger partial charge in [-0.05, 0) is 18.2 Å². The van der Waals surface area contributed by atoms with Crippen molar-refractivity contribution in [3.05, 3.63) is 91.0 Å². The highest BCUT2D eigenvalue weighted by Gasteiger charge is 2.39. The van der Waals surface area contributed by atoms with Crippen LogP contribution >= 0.6 is 0 Å². The molecule has 0 radical (unpaired) electrons. The van der Waals surface area contributed by atoms with E-state index in [9.17, 15) is 8.42 Å². The maximum absolute atomic E-state index is 15.2. The van der Waals surface area contributed by atoms with Crippen LogP contribution in [-0.2, 0) is 9.84 Å². The smallest absolute Gasteiger partial charge is 0.210 e. The Morgan fingerprint density at radius 1 is 0.769 bits per heavy atom. The molecular formula is C21H21FO2SSi. The molecule has 0 aromatic heterocycles. The van der Waals surface area contributed by atoms with E-state index in [0.29, 0.717) is 0 Å². The van der Waals surface area contributed by atoms with Crippen molar-refractivity contribution in [2.75, 3.05) is 0 Å². The van der Waals surface area contributed by atoms with Crippen LogP contribution in [0.1, 0.15) is 0 Å². The second kappa shape index (κ2) is 7.56. The minimum absolute atomic E-state index is 0.0156. The van der Waals surface area contributed by atoms with Crippen LogP contribution in [0.15, 0.2) is 95.9 Å². The van der Waals surface area contributed by atoms with Gasteiger partial charge in [0.2, 0.25) is 15.3 Å². The number of rotatable bonds is 6. The average molecular weight is 385 g/mol.